The molecule has 84 valence electrons. The van der Waals surface area contributed by atoms with E-state index < -0.39 is 0 Å². The molecule has 1 aromatic heterocycles. The number of allylic oxidation sites excluding steroid dienone is 3. The molecule has 0 aliphatic heterocycles. The Bertz CT molecular complexity index is 538. The van der Waals surface area contributed by atoms with Gasteiger partial charge in [-0.05, 0) is 35.8 Å². The molecule has 17 heavy (non-hydrogen) atoms. The molecule has 0 spiro atoms. The number of pyridine rings is 1. The van der Waals surface area contributed by atoms with E-state index in [-0.39, 0.29) is 0 Å². The van der Waals surface area contributed by atoms with E-state index in [1.54, 1.807) is 6.08 Å². The van der Waals surface area contributed by atoms with E-state index in [1.807, 2.05) is 43.5 Å². The maximum atomic E-state index is 4.37. The van der Waals surface area contributed by atoms with Crippen LogP contribution in [0.1, 0.15) is 12.6 Å². The van der Waals surface area contributed by atoms with Gasteiger partial charge < -0.3 is 0 Å². The Balaban J connectivity index is 2.42. The van der Waals surface area contributed by atoms with E-state index in [2.05, 4.69) is 29.8 Å². The van der Waals surface area contributed by atoms with Crippen LogP contribution in [-0.4, -0.2) is 4.98 Å². The summed E-state index contributed by atoms with van der Waals surface area (Å²) in [4.78, 5) is 4.37. The zero-order valence-electron chi connectivity index (χ0n) is 9.93. The second-order valence-electron chi connectivity index (χ2n) is 3.88. The van der Waals surface area contributed by atoms with Gasteiger partial charge in [-0.1, -0.05) is 49.1 Å². The van der Waals surface area contributed by atoms with Crippen molar-refractivity contribution in [2.45, 2.75) is 6.92 Å². The monoisotopic (exact) mass is 221 g/mol. The van der Waals surface area contributed by atoms with Crippen molar-refractivity contribution in [2.24, 2.45) is 0 Å². The maximum absolute atomic E-state index is 4.37. The minimum absolute atomic E-state index is 0.992. The average Bonchev–Trinajstić information content (AvgIpc) is 2.40. The Morgan fingerprint density at radius 2 is 1.88 bits per heavy atom. The van der Waals surface area contributed by atoms with Gasteiger partial charge in [0, 0.05) is 6.20 Å². The van der Waals surface area contributed by atoms with Crippen molar-refractivity contribution in [1.82, 2.24) is 4.98 Å². The molecular weight excluding hydrogens is 206 g/mol. The topological polar surface area (TPSA) is 12.9 Å². The zero-order valence-corrected chi connectivity index (χ0v) is 9.93. The summed E-state index contributed by atoms with van der Waals surface area (Å²) >= 11 is 0. The number of benzene rings is 1. The zero-order chi connectivity index (χ0) is 12.1. The van der Waals surface area contributed by atoms with Crippen LogP contribution < -0.4 is 0 Å². The first kappa shape index (κ1) is 11.3. The molecule has 0 aliphatic carbocycles. The lowest BCUT2D eigenvalue weighted by Crippen LogP contribution is -1.87. The predicted octanol–water partition coefficient (Wildman–Crippen LogP) is 4.34. The molecule has 0 bridgehead atoms. The molecule has 0 unspecified atom stereocenters. The lowest BCUT2D eigenvalue weighted by molar-refractivity contribution is 1.27. The molecule has 1 nitrogen and oxygen atoms in total. The summed E-state index contributed by atoms with van der Waals surface area (Å²) in [5, 5.41) is 0. The quantitative estimate of drug-likeness (QED) is 0.703. The summed E-state index contributed by atoms with van der Waals surface area (Å²) in [6.45, 7) is 5.74. The molecule has 0 saturated carbocycles. The number of nitrogens with zero attached hydrogens (tertiary/aromatic N) is 1. The van der Waals surface area contributed by atoms with E-state index in [4.69, 9.17) is 0 Å². The normalized spacial score (nSPS) is 11.2. The van der Waals surface area contributed by atoms with Gasteiger partial charge in [0.2, 0.25) is 0 Å². The van der Waals surface area contributed by atoms with Crippen molar-refractivity contribution >= 4 is 5.57 Å². The number of aromatic nitrogens is 1. The average molecular weight is 221 g/mol. The highest BCUT2D eigenvalue weighted by molar-refractivity contribution is 5.70. The highest BCUT2D eigenvalue weighted by atomic mass is 14.7. The van der Waals surface area contributed by atoms with Crippen molar-refractivity contribution in [3.63, 3.8) is 0 Å². The highest BCUT2D eigenvalue weighted by Gasteiger charge is 2.00. The molecule has 0 saturated heterocycles. The molecule has 0 atom stereocenters. The van der Waals surface area contributed by atoms with Crippen LogP contribution in [0.25, 0.3) is 16.7 Å². The van der Waals surface area contributed by atoms with Gasteiger partial charge in [0.05, 0.1) is 5.69 Å². The minimum atomic E-state index is 0.992. The van der Waals surface area contributed by atoms with Crippen LogP contribution in [0.2, 0.25) is 0 Å². The molecule has 2 rings (SSSR count). The van der Waals surface area contributed by atoms with Crippen LogP contribution in [0.3, 0.4) is 0 Å². The third-order valence-electron chi connectivity index (χ3n) is 2.64. The molecule has 0 N–H and O–H groups in total. The Hall–Kier alpha value is -2.15. The van der Waals surface area contributed by atoms with Gasteiger partial charge in [0.15, 0.2) is 0 Å². The summed E-state index contributed by atoms with van der Waals surface area (Å²) in [6.07, 6.45) is 5.60. The van der Waals surface area contributed by atoms with E-state index in [0.29, 0.717) is 0 Å². The van der Waals surface area contributed by atoms with Crippen molar-refractivity contribution in [3.8, 4) is 11.1 Å². The fraction of sp³-hybridized carbons (Fsp3) is 0.0625. The number of rotatable bonds is 3. The van der Waals surface area contributed by atoms with Crippen LogP contribution >= 0.6 is 0 Å². The van der Waals surface area contributed by atoms with E-state index in [0.717, 1.165) is 11.3 Å². The molecule has 1 heterocycles. The van der Waals surface area contributed by atoms with Crippen LogP contribution in [-0.2, 0) is 0 Å². The summed E-state index contributed by atoms with van der Waals surface area (Å²) in [7, 11) is 0. The van der Waals surface area contributed by atoms with E-state index in [1.165, 1.54) is 11.1 Å². The lowest BCUT2D eigenvalue weighted by atomic mass is 10.0. The van der Waals surface area contributed by atoms with Gasteiger partial charge in [-0.3, -0.25) is 4.98 Å². The van der Waals surface area contributed by atoms with E-state index >= 15 is 0 Å². The van der Waals surface area contributed by atoms with Crippen LogP contribution in [0.4, 0.5) is 0 Å². The van der Waals surface area contributed by atoms with Gasteiger partial charge in [-0.2, -0.15) is 0 Å². The van der Waals surface area contributed by atoms with Gasteiger partial charge in [-0.25, -0.2) is 0 Å². The van der Waals surface area contributed by atoms with Crippen molar-refractivity contribution in [3.05, 3.63) is 73.1 Å². The molecule has 0 fully saturated rings. The lowest BCUT2D eigenvalue weighted by Gasteiger charge is -2.04. The minimum Gasteiger partial charge on any atom is -0.257 e. The Morgan fingerprint density at radius 3 is 2.59 bits per heavy atom. The molecule has 1 heteroatoms. The van der Waals surface area contributed by atoms with Crippen LogP contribution in [0.15, 0.2) is 67.4 Å². The molecular formula is C16H15N. The summed E-state index contributed by atoms with van der Waals surface area (Å²) in [6, 6.07) is 14.4. The Kier molecular flexibility index (Phi) is 3.51. The van der Waals surface area contributed by atoms with Crippen molar-refractivity contribution in [1.29, 1.82) is 0 Å². The molecule has 0 aliphatic rings. The number of hydrogen-bond donors (Lipinski definition) is 0. The summed E-state index contributed by atoms with van der Waals surface area (Å²) < 4.78 is 0. The highest BCUT2D eigenvalue weighted by Crippen LogP contribution is 2.21. The molecule has 1 aromatic carbocycles. The third-order valence-corrected chi connectivity index (χ3v) is 2.64. The second kappa shape index (κ2) is 5.26. The van der Waals surface area contributed by atoms with Crippen molar-refractivity contribution in [2.75, 3.05) is 0 Å². The molecule has 2 aromatic rings. The maximum Gasteiger partial charge on any atom is 0.0664 e. The van der Waals surface area contributed by atoms with Crippen molar-refractivity contribution < 1.29 is 0 Å². The fourth-order valence-electron chi connectivity index (χ4n) is 1.72. The summed E-state index contributed by atoms with van der Waals surface area (Å²) in [5.74, 6) is 0. The van der Waals surface area contributed by atoms with Gasteiger partial charge in [0.25, 0.3) is 0 Å². The fourth-order valence-corrected chi connectivity index (χ4v) is 1.72. The van der Waals surface area contributed by atoms with Crippen LogP contribution in [0.5, 0.6) is 0 Å². The first-order valence-electron chi connectivity index (χ1n) is 5.62. The van der Waals surface area contributed by atoms with Crippen LogP contribution in [0, 0.1) is 0 Å². The summed E-state index contributed by atoms with van der Waals surface area (Å²) in [5.41, 5.74) is 4.51. The van der Waals surface area contributed by atoms with Gasteiger partial charge in [0.1, 0.15) is 0 Å². The largest absolute Gasteiger partial charge is 0.257 e. The van der Waals surface area contributed by atoms with Gasteiger partial charge >= 0.3 is 0 Å². The predicted molar refractivity (Wildman–Crippen MR) is 73.5 cm³/mol. The SMILES string of the molecule is C=C/C=C(\C)c1cc(-c2ccccc2)ccn1. The second-order valence-corrected chi connectivity index (χ2v) is 3.88. The molecule has 0 radical (unpaired) electrons. The van der Waals surface area contributed by atoms with Gasteiger partial charge in [-0.15, -0.1) is 0 Å². The smallest absolute Gasteiger partial charge is 0.0664 e. The van der Waals surface area contributed by atoms with E-state index in [9.17, 15) is 0 Å². The third kappa shape index (κ3) is 2.70. The molecule has 0 amide bonds. The Morgan fingerprint density at radius 1 is 1.12 bits per heavy atom. The first-order chi connectivity index (χ1) is 8.31. The number of hydrogen-bond acceptors (Lipinski definition) is 1. The standard InChI is InChI=1S/C16H15N/c1-3-7-13(2)16-12-15(10-11-17-16)14-8-5-4-6-9-14/h3-12H,1H2,2H3/b13-7+. The first-order valence-corrected chi connectivity index (χ1v) is 5.62. The Labute approximate surface area is 102 Å².